The van der Waals surface area contributed by atoms with Gasteiger partial charge in [-0.2, -0.15) is 0 Å². The molecule has 0 bridgehead atoms. The summed E-state index contributed by atoms with van der Waals surface area (Å²) in [5, 5.41) is 0. The minimum Gasteiger partial charge on any atom is -0.491 e. The van der Waals surface area contributed by atoms with Gasteiger partial charge in [-0.3, -0.25) is 4.79 Å². The lowest BCUT2D eigenvalue weighted by atomic mass is 10.1. The third kappa shape index (κ3) is 3.51. The predicted molar refractivity (Wildman–Crippen MR) is 79.9 cm³/mol. The first-order valence-electron chi connectivity index (χ1n) is 7.40. The molecule has 1 aliphatic heterocycles. The van der Waals surface area contributed by atoms with Crippen LogP contribution in [0.25, 0.3) is 0 Å². The fourth-order valence-corrected chi connectivity index (χ4v) is 2.38. The minimum absolute atomic E-state index is 0.0936. The molecule has 2 atom stereocenters. The van der Waals surface area contributed by atoms with E-state index < -0.39 is 0 Å². The average Bonchev–Trinajstić information content (AvgIpc) is 2.96. The number of likely N-dealkylation sites (tertiary alicyclic amines) is 1. The van der Waals surface area contributed by atoms with Crippen molar-refractivity contribution in [1.29, 1.82) is 0 Å². The molecule has 0 aromatic heterocycles. The van der Waals surface area contributed by atoms with E-state index >= 15 is 0 Å². The molecule has 0 spiro atoms. The molecule has 0 radical (unpaired) electrons. The first-order valence-corrected chi connectivity index (χ1v) is 7.40. The van der Waals surface area contributed by atoms with Crippen molar-refractivity contribution >= 4 is 5.91 Å². The Hall–Kier alpha value is -1.55. The van der Waals surface area contributed by atoms with Gasteiger partial charge in [-0.15, -0.1) is 0 Å². The van der Waals surface area contributed by atoms with E-state index in [9.17, 15) is 4.79 Å². The molecule has 4 nitrogen and oxygen atoms in total. The van der Waals surface area contributed by atoms with Crippen molar-refractivity contribution in [1.82, 2.24) is 4.90 Å². The highest BCUT2D eigenvalue weighted by Gasteiger charge is 2.25. The Morgan fingerprint density at radius 1 is 1.45 bits per heavy atom. The van der Waals surface area contributed by atoms with Crippen molar-refractivity contribution < 1.29 is 9.53 Å². The molecule has 2 rings (SSSR count). The molecule has 1 heterocycles. The second-order valence-electron chi connectivity index (χ2n) is 5.50. The van der Waals surface area contributed by atoms with Crippen molar-refractivity contribution in [2.75, 3.05) is 19.6 Å². The van der Waals surface area contributed by atoms with Gasteiger partial charge in [0.05, 0.1) is 6.10 Å². The van der Waals surface area contributed by atoms with Crippen molar-refractivity contribution in [3.05, 3.63) is 29.8 Å². The van der Waals surface area contributed by atoms with Gasteiger partial charge in [-0.1, -0.05) is 6.92 Å². The van der Waals surface area contributed by atoms with E-state index in [2.05, 4.69) is 6.92 Å². The number of hydrogen-bond acceptors (Lipinski definition) is 3. The Balaban J connectivity index is 1.97. The topological polar surface area (TPSA) is 55.6 Å². The number of nitrogens with zero attached hydrogens (tertiary/aromatic N) is 1. The fourth-order valence-electron chi connectivity index (χ4n) is 2.38. The Labute approximate surface area is 120 Å². The maximum Gasteiger partial charge on any atom is 0.253 e. The van der Waals surface area contributed by atoms with Crippen LogP contribution < -0.4 is 10.5 Å². The van der Waals surface area contributed by atoms with E-state index in [1.807, 2.05) is 36.1 Å². The molecule has 0 saturated carbocycles. The third-order valence-electron chi connectivity index (χ3n) is 3.92. The number of carbonyl (C=O) groups is 1. The van der Waals surface area contributed by atoms with Gasteiger partial charge in [0, 0.05) is 18.7 Å². The summed E-state index contributed by atoms with van der Waals surface area (Å²) >= 11 is 0. The number of benzene rings is 1. The average molecular weight is 276 g/mol. The summed E-state index contributed by atoms with van der Waals surface area (Å²) in [6, 6.07) is 7.43. The molecule has 1 aromatic rings. The minimum atomic E-state index is 0.0936. The molecule has 4 heteroatoms. The van der Waals surface area contributed by atoms with Crippen LogP contribution in [0.1, 0.15) is 37.0 Å². The van der Waals surface area contributed by atoms with E-state index in [0.717, 1.165) is 37.2 Å². The SMILES string of the molecule is CC[C@@H](C)Oc1ccc(C(=O)N2CC[C@H](CN)C2)cc1. The third-order valence-corrected chi connectivity index (χ3v) is 3.92. The highest BCUT2D eigenvalue weighted by molar-refractivity contribution is 5.94. The molecular formula is C16H24N2O2. The molecule has 1 saturated heterocycles. The molecule has 110 valence electrons. The first kappa shape index (κ1) is 14.9. The number of ether oxygens (including phenoxy) is 1. The Kier molecular flexibility index (Phi) is 5.01. The number of nitrogens with two attached hydrogens (primary N) is 1. The summed E-state index contributed by atoms with van der Waals surface area (Å²) in [4.78, 5) is 14.2. The molecule has 1 amide bonds. The molecule has 1 aliphatic rings. The van der Waals surface area contributed by atoms with Crippen molar-refractivity contribution in [3.63, 3.8) is 0 Å². The van der Waals surface area contributed by atoms with Crippen LogP contribution in [0.15, 0.2) is 24.3 Å². The van der Waals surface area contributed by atoms with Crippen LogP contribution in [-0.2, 0) is 0 Å². The molecular weight excluding hydrogens is 252 g/mol. The van der Waals surface area contributed by atoms with E-state index in [-0.39, 0.29) is 12.0 Å². The number of carbonyl (C=O) groups excluding carboxylic acids is 1. The largest absolute Gasteiger partial charge is 0.491 e. The Morgan fingerprint density at radius 3 is 2.70 bits per heavy atom. The summed E-state index contributed by atoms with van der Waals surface area (Å²) in [7, 11) is 0. The number of hydrogen-bond donors (Lipinski definition) is 1. The highest BCUT2D eigenvalue weighted by atomic mass is 16.5. The van der Waals surface area contributed by atoms with Crippen LogP contribution in [0.4, 0.5) is 0 Å². The Morgan fingerprint density at radius 2 is 2.15 bits per heavy atom. The second kappa shape index (κ2) is 6.75. The maximum atomic E-state index is 12.3. The van der Waals surface area contributed by atoms with Gasteiger partial charge in [-0.05, 0) is 56.5 Å². The van der Waals surface area contributed by atoms with Crippen LogP contribution in [0.5, 0.6) is 5.75 Å². The lowest BCUT2D eigenvalue weighted by molar-refractivity contribution is 0.0787. The van der Waals surface area contributed by atoms with Gasteiger partial charge in [-0.25, -0.2) is 0 Å². The molecule has 2 N–H and O–H groups in total. The van der Waals surface area contributed by atoms with E-state index in [0.29, 0.717) is 12.5 Å². The zero-order chi connectivity index (χ0) is 14.5. The van der Waals surface area contributed by atoms with Crippen molar-refractivity contribution in [2.45, 2.75) is 32.8 Å². The summed E-state index contributed by atoms with van der Waals surface area (Å²) in [6.07, 6.45) is 2.17. The monoisotopic (exact) mass is 276 g/mol. The van der Waals surface area contributed by atoms with Gasteiger partial charge >= 0.3 is 0 Å². The van der Waals surface area contributed by atoms with Crippen LogP contribution in [0.3, 0.4) is 0 Å². The Bertz CT molecular complexity index is 444. The van der Waals surface area contributed by atoms with Crippen molar-refractivity contribution in [2.24, 2.45) is 11.7 Å². The lowest BCUT2D eigenvalue weighted by Gasteiger charge is -2.17. The van der Waals surface area contributed by atoms with Gasteiger partial charge in [0.15, 0.2) is 0 Å². The molecule has 0 aliphatic carbocycles. The smallest absolute Gasteiger partial charge is 0.253 e. The molecule has 0 unspecified atom stereocenters. The molecule has 20 heavy (non-hydrogen) atoms. The predicted octanol–water partition coefficient (Wildman–Crippen LogP) is 2.28. The summed E-state index contributed by atoms with van der Waals surface area (Å²) in [5.41, 5.74) is 6.38. The van der Waals surface area contributed by atoms with Gasteiger partial charge < -0.3 is 15.4 Å². The van der Waals surface area contributed by atoms with Crippen LogP contribution in [0, 0.1) is 5.92 Å². The molecule has 1 aromatic carbocycles. The lowest BCUT2D eigenvalue weighted by Crippen LogP contribution is -2.29. The number of amides is 1. The van der Waals surface area contributed by atoms with Crippen LogP contribution >= 0.6 is 0 Å². The summed E-state index contributed by atoms with van der Waals surface area (Å²) in [6.45, 7) is 6.37. The van der Waals surface area contributed by atoms with Crippen LogP contribution in [-0.4, -0.2) is 36.5 Å². The van der Waals surface area contributed by atoms with E-state index in [1.54, 1.807) is 0 Å². The van der Waals surface area contributed by atoms with Crippen molar-refractivity contribution in [3.8, 4) is 5.75 Å². The normalized spacial score (nSPS) is 19.9. The zero-order valence-corrected chi connectivity index (χ0v) is 12.3. The fraction of sp³-hybridized carbons (Fsp3) is 0.562. The van der Waals surface area contributed by atoms with Gasteiger partial charge in [0.25, 0.3) is 5.91 Å². The van der Waals surface area contributed by atoms with Gasteiger partial charge in [0.1, 0.15) is 5.75 Å². The zero-order valence-electron chi connectivity index (χ0n) is 12.3. The second-order valence-corrected chi connectivity index (χ2v) is 5.50. The van der Waals surface area contributed by atoms with E-state index in [1.165, 1.54) is 0 Å². The van der Waals surface area contributed by atoms with Crippen LogP contribution in [0.2, 0.25) is 0 Å². The van der Waals surface area contributed by atoms with E-state index in [4.69, 9.17) is 10.5 Å². The van der Waals surface area contributed by atoms with Gasteiger partial charge in [0.2, 0.25) is 0 Å². The first-order chi connectivity index (χ1) is 9.63. The summed E-state index contributed by atoms with van der Waals surface area (Å²) in [5.74, 6) is 1.36. The number of rotatable bonds is 5. The highest BCUT2D eigenvalue weighted by Crippen LogP contribution is 2.20. The standard InChI is InChI=1S/C16H24N2O2/c1-3-12(2)20-15-6-4-14(5-7-15)16(19)18-9-8-13(10-17)11-18/h4-7,12-13H,3,8-11,17H2,1-2H3/t12-,13-/m1/s1. The molecule has 1 fully saturated rings. The summed E-state index contributed by atoms with van der Waals surface area (Å²) < 4.78 is 5.72. The maximum absolute atomic E-state index is 12.3. The quantitative estimate of drug-likeness (QED) is 0.897.